The van der Waals surface area contributed by atoms with Crippen molar-refractivity contribution < 1.29 is 9.53 Å². The highest BCUT2D eigenvalue weighted by Crippen LogP contribution is 2.42. The Balaban J connectivity index is 1.96. The summed E-state index contributed by atoms with van der Waals surface area (Å²) < 4.78 is 5.80. The summed E-state index contributed by atoms with van der Waals surface area (Å²) in [5.41, 5.74) is 7.35. The molecule has 1 amide bonds. The molecule has 1 aliphatic heterocycles. The van der Waals surface area contributed by atoms with E-state index in [-0.39, 0.29) is 11.3 Å². The van der Waals surface area contributed by atoms with Crippen LogP contribution in [0.5, 0.6) is 5.75 Å². The molecule has 1 heterocycles. The number of nitrogens with one attached hydrogen (secondary N) is 1. The molecule has 0 bridgehead atoms. The van der Waals surface area contributed by atoms with Gasteiger partial charge in [0.15, 0.2) is 5.60 Å². The van der Waals surface area contributed by atoms with Crippen molar-refractivity contribution in [3.63, 3.8) is 0 Å². The van der Waals surface area contributed by atoms with Crippen LogP contribution in [-0.2, 0) is 10.2 Å². The Morgan fingerprint density at radius 2 is 1.95 bits per heavy atom. The molecule has 1 aliphatic carbocycles. The zero-order valence-electron chi connectivity index (χ0n) is 12.9. The summed E-state index contributed by atoms with van der Waals surface area (Å²) in [4.78, 5) is 12.1. The second-order valence-electron chi connectivity index (χ2n) is 6.82. The molecule has 3 N–H and O–H groups in total. The smallest absolute Gasteiger partial charge is 0.268 e. The number of hydrogen-bond acceptors (Lipinski definition) is 3. The van der Waals surface area contributed by atoms with E-state index in [2.05, 4.69) is 17.4 Å². The number of amides is 1. The minimum absolute atomic E-state index is 0.0605. The maximum atomic E-state index is 12.1. The third-order valence-electron chi connectivity index (χ3n) is 4.95. The van der Waals surface area contributed by atoms with Gasteiger partial charge in [0.2, 0.25) is 0 Å². The second kappa shape index (κ2) is 5.02. The minimum Gasteiger partial charge on any atom is -0.476 e. The van der Waals surface area contributed by atoms with Crippen LogP contribution in [0.15, 0.2) is 18.2 Å². The molecule has 21 heavy (non-hydrogen) atoms. The van der Waals surface area contributed by atoms with E-state index in [1.54, 1.807) is 13.8 Å². The third-order valence-corrected chi connectivity index (χ3v) is 4.95. The molecule has 0 unspecified atom stereocenters. The number of hydrogen-bond donors (Lipinski definition) is 2. The fraction of sp³-hybridized carbons (Fsp3) is 0.588. The monoisotopic (exact) mass is 288 g/mol. The number of carbonyl (C=O) groups excluding carboxylic acids is 1. The van der Waals surface area contributed by atoms with Gasteiger partial charge in [-0.2, -0.15) is 0 Å². The maximum Gasteiger partial charge on any atom is 0.268 e. The first-order valence-electron chi connectivity index (χ1n) is 7.82. The molecule has 2 aliphatic rings. The number of nitrogens with two attached hydrogens (primary N) is 1. The molecule has 0 spiro atoms. The molecule has 0 saturated heterocycles. The molecular weight excluding hydrogens is 264 g/mol. The van der Waals surface area contributed by atoms with Gasteiger partial charge in [0, 0.05) is 12.0 Å². The Labute approximate surface area is 126 Å². The number of ether oxygens (including phenoxy) is 1. The van der Waals surface area contributed by atoms with Gasteiger partial charge in [-0.15, -0.1) is 0 Å². The average molecular weight is 288 g/mol. The van der Waals surface area contributed by atoms with Crippen molar-refractivity contribution in [2.45, 2.75) is 57.0 Å². The van der Waals surface area contributed by atoms with E-state index in [9.17, 15) is 4.79 Å². The summed E-state index contributed by atoms with van der Waals surface area (Å²) >= 11 is 0. The molecule has 0 aromatic heterocycles. The molecule has 4 heteroatoms. The zero-order chi connectivity index (χ0) is 15.1. The van der Waals surface area contributed by atoms with Gasteiger partial charge in [-0.3, -0.25) is 4.79 Å². The summed E-state index contributed by atoms with van der Waals surface area (Å²) in [7, 11) is 0. The molecule has 0 radical (unpaired) electrons. The molecule has 0 atom stereocenters. The Morgan fingerprint density at radius 3 is 2.62 bits per heavy atom. The van der Waals surface area contributed by atoms with Crippen molar-refractivity contribution in [2.75, 3.05) is 11.9 Å². The molecular formula is C17H24N2O2. The highest BCUT2D eigenvalue weighted by atomic mass is 16.5. The second-order valence-corrected chi connectivity index (χ2v) is 6.82. The Bertz CT molecular complexity index is 560. The van der Waals surface area contributed by atoms with Crippen molar-refractivity contribution in [1.82, 2.24) is 0 Å². The van der Waals surface area contributed by atoms with Crippen molar-refractivity contribution in [3.05, 3.63) is 23.8 Å². The normalized spacial score (nSPS) is 22.9. The van der Waals surface area contributed by atoms with Crippen molar-refractivity contribution in [1.29, 1.82) is 0 Å². The average Bonchev–Trinajstić information content (AvgIpc) is 2.48. The minimum atomic E-state index is -0.815. The fourth-order valence-electron chi connectivity index (χ4n) is 3.48. The topological polar surface area (TPSA) is 64.3 Å². The maximum absolute atomic E-state index is 12.1. The lowest BCUT2D eigenvalue weighted by molar-refractivity contribution is -0.129. The van der Waals surface area contributed by atoms with Crippen LogP contribution >= 0.6 is 0 Å². The van der Waals surface area contributed by atoms with Crippen molar-refractivity contribution >= 4 is 11.6 Å². The van der Waals surface area contributed by atoms with E-state index >= 15 is 0 Å². The molecule has 1 aromatic rings. The summed E-state index contributed by atoms with van der Waals surface area (Å²) in [6, 6.07) is 6.14. The number of rotatable bonds is 2. The van der Waals surface area contributed by atoms with Crippen LogP contribution in [0.2, 0.25) is 0 Å². The molecule has 1 saturated carbocycles. The Kier molecular flexibility index (Phi) is 3.44. The first-order valence-corrected chi connectivity index (χ1v) is 7.82. The predicted molar refractivity (Wildman–Crippen MR) is 83.6 cm³/mol. The lowest BCUT2D eigenvalue weighted by Gasteiger charge is -2.38. The predicted octanol–water partition coefficient (Wildman–Crippen LogP) is 2.96. The number of carbonyl (C=O) groups is 1. The van der Waals surface area contributed by atoms with Crippen LogP contribution in [0.1, 0.15) is 51.5 Å². The van der Waals surface area contributed by atoms with Crippen LogP contribution in [0.4, 0.5) is 5.69 Å². The van der Waals surface area contributed by atoms with Gasteiger partial charge in [-0.05, 0) is 44.4 Å². The molecule has 114 valence electrons. The van der Waals surface area contributed by atoms with E-state index < -0.39 is 5.60 Å². The number of fused-ring (bicyclic) bond motifs is 1. The summed E-state index contributed by atoms with van der Waals surface area (Å²) in [6.45, 7) is 4.22. The van der Waals surface area contributed by atoms with Crippen molar-refractivity contribution in [3.8, 4) is 5.75 Å². The van der Waals surface area contributed by atoms with E-state index in [0.29, 0.717) is 6.54 Å². The van der Waals surface area contributed by atoms with Crippen LogP contribution in [0, 0.1) is 0 Å². The van der Waals surface area contributed by atoms with E-state index in [4.69, 9.17) is 10.5 Å². The Morgan fingerprint density at radius 1 is 1.24 bits per heavy atom. The summed E-state index contributed by atoms with van der Waals surface area (Å²) in [5, 5.41) is 2.97. The van der Waals surface area contributed by atoms with Gasteiger partial charge >= 0.3 is 0 Å². The molecule has 1 aromatic carbocycles. The zero-order valence-corrected chi connectivity index (χ0v) is 12.9. The molecule has 3 rings (SSSR count). The fourth-order valence-corrected chi connectivity index (χ4v) is 3.48. The van der Waals surface area contributed by atoms with Gasteiger partial charge in [0.1, 0.15) is 5.75 Å². The SMILES string of the molecule is CC1(C)Oc2ccc(C3(CN)CCCCC3)cc2NC1=O. The van der Waals surface area contributed by atoms with E-state index in [0.717, 1.165) is 24.3 Å². The van der Waals surface area contributed by atoms with Gasteiger partial charge in [-0.25, -0.2) is 0 Å². The highest BCUT2D eigenvalue weighted by Gasteiger charge is 2.37. The summed E-state index contributed by atoms with van der Waals surface area (Å²) in [5.74, 6) is 0.643. The van der Waals surface area contributed by atoms with Crippen LogP contribution in [0.25, 0.3) is 0 Å². The molecule has 4 nitrogen and oxygen atoms in total. The van der Waals surface area contributed by atoms with Gasteiger partial charge < -0.3 is 15.8 Å². The summed E-state index contributed by atoms with van der Waals surface area (Å²) in [6.07, 6.45) is 6.00. The molecule has 1 fully saturated rings. The van der Waals surface area contributed by atoms with Crippen LogP contribution < -0.4 is 15.8 Å². The first-order chi connectivity index (χ1) is 9.97. The third kappa shape index (κ3) is 2.42. The lowest BCUT2D eigenvalue weighted by Crippen LogP contribution is -2.46. The number of benzene rings is 1. The van der Waals surface area contributed by atoms with Gasteiger partial charge in [-0.1, -0.05) is 25.3 Å². The number of anilines is 1. The van der Waals surface area contributed by atoms with Gasteiger partial charge in [0.05, 0.1) is 5.69 Å². The van der Waals surface area contributed by atoms with Crippen LogP contribution in [-0.4, -0.2) is 18.1 Å². The Hall–Kier alpha value is -1.55. The highest BCUT2D eigenvalue weighted by molar-refractivity contribution is 6.00. The van der Waals surface area contributed by atoms with Gasteiger partial charge in [0.25, 0.3) is 5.91 Å². The quantitative estimate of drug-likeness (QED) is 0.879. The lowest BCUT2D eigenvalue weighted by atomic mass is 9.69. The van der Waals surface area contributed by atoms with E-state index in [1.807, 2.05) is 6.07 Å². The van der Waals surface area contributed by atoms with Crippen molar-refractivity contribution in [2.24, 2.45) is 5.73 Å². The largest absolute Gasteiger partial charge is 0.476 e. The first kappa shape index (κ1) is 14.4. The standard InChI is InChI=1S/C17H24N2O2/c1-16(2)15(20)19-13-10-12(6-7-14(13)21-16)17(11-18)8-4-3-5-9-17/h6-7,10H,3-5,8-9,11,18H2,1-2H3,(H,19,20). The van der Waals surface area contributed by atoms with E-state index in [1.165, 1.54) is 24.8 Å². The van der Waals surface area contributed by atoms with Crippen LogP contribution in [0.3, 0.4) is 0 Å².